The molecule has 0 heterocycles. The highest BCUT2D eigenvalue weighted by Crippen LogP contribution is 2.16. The Morgan fingerprint density at radius 3 is 2.00 bits per heavy atom. The summed E-state index contributed by atoms with van der Waals surface area (Å²) < 4.78 is 0.386. The van der Waals surface area contributed by atoms with E-state index in [2.05, 4.69) is 20.8 Å². The summed E-state index contributed by atoms with van der Waals surface area (Å²) in [5, 5.41) is 0. The summed E-state index contributed by atoms with van der Waals surface area (Å²) in [6, 6.07) is 0. The van der Waals surface area contributed by atoms with Gasteiger partial charge in [-0.15, -0.1) is 11.8 Å². The Balaban J connectivity index is 2.93. The highest BCUT2D eigenvalue weighted by atomic mass is 32.2. The summed E-state index contributed by atoms with van der Waals surface area (Å²) in [7, 11) is 0. The fraction of sp³-hybridized carbons (Fsp3) is 1.00. The van der Waals surface area contributed by atoms with Crippen LogP contribution in [0.2, 0.25) is 0 Å². The van der Waals surface area contributed by atoms with Gasteiger partial charge in [0.2, 0.25) is 0 Å². The lowest BCUT2D eigenvalue weighted by molar-refractivity contribution is 0.750. The fourth-order valence-corrected chi connectivity index (χ4v) is 1.22. The van der Waals surface area contributed by atoms with E-state index in [1.165, 1.54) is 5.75 Å². The summed E-state index contributed by atoms with van der Waals surface area (Å²) in [5.41, 5.74) is 0. The molecule has 2 heteroatoms. The molecule has 0 spiro atoms. The van der Waals surface area contributed by atoms with Crippen molar-refractivity contribution in [3.05, 3.63) is 0 Å². The highest BCUT2D eigenvalue weighted by Gasteiger charge is 1.97. The summed E-state index contributed by atoms with van der Waals surface area (Å²) in [5.74, 6) is 1.98. The Kier molecular flexibility index (Phi) is 4.97. The first-order chi connectivity index (χ1) is 3.63. The molecule has 0 aromatic heterocycles. The predicted octanol–water partition coefficient (Wildman–Crippen LogP) is 2.92. The molecule has 0 saturated heterocycles. The summed E-state index contributed by atoms with van der Waals surface area (Å²) >= 11 is 6.81. The second kappa shape index (κ2) is 4.57. The maximum Gasteiger partial charge on any atom is 0.0578 e. The average molecular weight is 149 g/mol. The molecule has 0 nitrogen and oxygen atoms in total. The van der Waals surface area contributed by atoms with E-state index >= 15 is 0 Å². The largest absolute Gasteiger partial charge is 0.147 e. The second-order valence-corrected chi connectivity index (χ2v) is 4.67. The minimum atomic E-state index is 0.386. The molecule has 0 aromatic rings. The molecule has 0 fully saturated rings. The van der Waals surface area contributed by atoms with Gasteiger partial charge >= 0.3 is 0 Å². The van der Waals surface area contributed by atoms with Crippen LogP contribution >= 0.6 is 24.4 Å². The van der Waals surface area contributed by atoms with Crippen LogP contribution in [-0.4, -0.2) is 10.3 Å². The predicted molar refractivity (Wildman–Crippen MR) is 44.3 cm³/mol. The first-order valence-corrected chi connectivity index (χ1v) is 4.42. The van der Waals surface area contributed by atoms with Crippen molar-refractivity contribution in [3.63, 3.8) is 0 Å². The summed E-state index contributed by atoms with van der Waals surface area (Å²) in [6.45, 7) is 6.48. The van der Waals surface area contributed by atoms with Gasteiger partial charge in [-0.1, -0.05) is 26.5 Å². The van der Waals surface area contributed by atoms with Gasteiger partial charge in [0.25, 0.3) is 0 Å². The van der Waals surface area contributed by atoms with E-state index in [0.717, 1.165) is 5.92 Å². The van der Waals surface area contributed by atoms with Crippen LogP contribution in [0.5, 0.6) is 0 Å². The molecule has 1 unspecified atom stereocenters. The Hall–Kier alpha value is 0.700. The van der Waals surface area contributed by atoms with E-state index in [4.69, 9.17) is 12.6 Å². The molecule has 0 amide bonds. The number of thioether (sulfide) groups is 1. The van der Waals surface area contributed by atoms with Gasteiger partial charge in [0, 0.05) is 0 Å². The topological polar surface area (TPSA) is 0 Å². The third-order valence-electron chi connectivity index (χ3n) is 0.664. The van der Waals surface area contributed by atoms with Crippen molar-refractivity contribution in [2.45, 2.75) is 25.4 Å². The Labute approximate surface area is 61.8 Å². The molecule has 0 aliphatic carbocycles. The van der Waals surface area contributed by atoms with Crippen LogP contribution in [-0.2, 0) is 0 Å². The Morgan fingerprint density at radius 2 is 1.88 bits per heavy atom. The number of hydrogen-bond acceptors (Lipinski definition) is 1. The van der Waals surface area contributed by atoms with Gasteiger partial charge in [-0.25, -0.2) is 0 Å². The zero-order valence-electron chi connectivity index (χ0n) is 5.68. The minimum Gasteiger partial charge on any atom is -0.147 e. The van der Waals surface area contributed by atoms with Crippen molar-refractivity contribution in [1.29, 1.82) is 0 Å². The van der Waals surface area contributed by atoms with E-state index < -0.39 is 0 Å². The molecular formula is C6H13S2. The molecule has 0 rings (SSSR count). The van der Waals surface area contributed by atoms with E-state index in [1.807, 2.05) is 11.8 Å². The number of hydrogen-bond donors (Lipinski definition) is 0. The van der Waals surface area contributed by atoms with Crippen molar-refractivity contribution in [3.8, 4) is 0 Å². The van der Waals surface area contributed by atoms with E-state index in [0.29, 0.717) is 4.58 Å². The van der Waals surface area contributed by atoms with Crippen molar-refractivity contribution in [2.24, 2.45) is 5.92 Å². The van der Waals surface area contributed by atoms with Crippen LogP contribution < -0.4 is 0 Å². The first-order valence-electron chi connectivity index (χ1n) is 2.90. The van der Waals surface area contributed by atoms with Crippen LogP contribution in [0.1, 0.15) is 20.8 Å². The van der Waals surface area contributed by atoms with Gasteiger partial charge in [0.1, 0.15) is 0 Å². The molecule has 0 saturated carbocycles. The molecule has 1 radical (unpaired) electrons. The van der Waals surface area contributed by atoms with Gasteiger partial charge in [-0.2, -0.15) is 0 Å². The van der Waals surface area contributed by atoms with E-state index in [1.54, 1.807) is 0 Å². The normalized spacial score (nSPS) is 14.6. The van der Waals surface area contributed by atoms with E-state index in [-0.39, 0.29) is 0 Å². The Bertz CT molecular complexity index is 42.5. The molecular weight excluding hydrogens is 136 g/mol. The molecule has 1 atom stereocenters. The lowest BCUT2D eigenvalue weighted by Crippen LogP contribution is -1.93. The van der Waals surface area contributed by atoms with Crippen LogP contribution in [0.25, 0.3) is 0 Å². The average Bonchev–Trinajstić information content (AvgIpc) is 1.61. The Morgan fingerprint density at radius 1 is 1.38 bits per heavy atom. The lowest BCUT2D eigenvalue weighted by Gasteiger charge is -2.04. The maximum absolute atomic E-state index is 4.96. The summed E-state index contributed by atoms with van der Waals surface area (Å²) in [6.07, 6.45) is 0. The molecule has 8 heavy (non-hydrogen) atoms. The lowest BCUT2D eigenvalue weighted by atomic mass is 10.3. The second-order valence-electron chi connectivity index (χ2n) is 2.29. The number of rotatable bonds is 3. The molecule has 0 aliphatic heterocycles. The molecule has 0 N–H and O–H groups in total. The molecule has 0 aliphatic rings. The molecule has 0 bridgehead atoms. The monoisotopic (exact) mass is 149 g/mol. The first kappa shape index (κ1) is 8.70. The van der Waals surface area contributed by atoms with Gasteiger partial charge < -0.3 is 0 Å². The third-order valence-corrected chi connectivity index (χ3v) is 2.40. The van der Waals surface area contributed by atoms with Crippen molar-refractivity contribution < 1.29 is 0 Å². The van der Waals surface area contributed by atoms with Crippen LogP contribution in [0.15, 0.2) is 0 Å². The van der Waals surface area contributed by atoms with E-state index in [9.17, 15) is 0 Å². The SMILES string of the molecule is CC(C)CSC(C)[S]. The van der Waals surface area contributed by atoms with Crippen LogP contribution in [0.4, 0.5) is 0 Å². The van der Waals surface area contributed by atoms with Gasteiger partial charge in [-0.3, -0.25) is 0 Å². The molecule has 49 valence electrons. The van der Waals surface area contributed by atoms with Crippen molar-refractivity contribution in [2.75, 3.05) is 5.75 Å². The standard InChI is InChI=1S/C6H13S2/c1-5(2)4-8-6(3)7/h5-6H,4H2,1-3H3. The third kappa shape index (κ3) is 6.70. The quantitative estimate of drug-likeness (QED) is 0.594. The van der Waals surface area contributed by atoms with Crippen molar-refractivity contribution >= 4 is 24.4 Å². The van der Waals surface area contributed by atoms with Crippen molar-refractivity contribution in [1.82, 2.24) is 0 Å². The van der Waals surface area contributed by atoms with Crippen LogP contribution in [0.3, 0.4) is 0 Å². The zero-order valence-corrected chi connectivity index (χ0v) is 7.31. The molecule has 0 aromatic carbocycles. The van der Waals surface area contributed by atoms with Gasteiger partial charge in [0.05, 0.1) is 4.58 Å². The highest BCUT2D eigenvalue weighted by molar-refractivity contribution is 8.10. The fourth-order valence-electron chi connectivity index (χ4n) is 0.328. The summed E-state index contributed by atoms with van der Waals surface area (Å²) in [4.78, 5) is 0. The smallest absolute Gasteiger partial charge is 0.0578 e. The van der Waals surface area contributed by atoms with Crippen LogP contribution in [0, 0.1) is 5.92 Å². The zero-order chi connectivity index (χ0) is 6.57. The van der Waals surface area contributed by atoms with Gasteiger partial charge in [-0.05, 0) is 18.6 Å². The maximum atomic E-state index is 4.96. The minimum absolute atomic E-state index is 0.386. The van der Waals surface area contributed by atoms with Gasteiger partial charge in [0.15, 0.2) is 0 Å².